The van der Waals surface area contributed by atoms with Gasteiger partial charge in [0.05, 0.1) is 10.6 Å². The van der Waals surface area contributed by atoms with Crippen LogP contribution in [0.15, 0.2) is 29.2 Å². The first-order valence-corrected chi connectivity index (χ1v) is 11.3. The fourth-order valence-corrected chi connectivity index (χ4v) is 4.89. The van der Waals surface area contributed by atoms with Gasteiger partial charge in [-0.3, -0.25) is 9.59 Å². The zero-order valence-corrected chi connectivity index (χ0v) is 19.5. The van der Waals surface area contributed by atoms with E-state index in [0.29, 0.717) is 17.2 Å². The van der Waals surface area contributed by atoms with E-state index in [2.05, 4.69) is 10.0 Å². The summed E-state index contributed by atoms with van der Waals surface area (Å²) in [4.78, 5) is 24.7. The molecule has 32 heavy (non-hydrogen) atoms. The lowest BCUT2D eigenvalue weighted by Gasteiger charge is -2.20. The summed E-state index contributed by atoms with van der Waals surface area (Å²) in [7, 11) is -4.06. The average molecular weight is 469 g/mol. The number of sulfonamides is 1. The second kappa shape index (κ2) is 9.74. The Hall–Kier alpha value is -2.85. The molecule has 2 aromatic carbocycles. The van der Waals surface area contributed by atoms with Gasteiger partial charge >= 0.3 is 5.97 Å². The maximum atomic E-state index is 13.7. The van der Waals surface area contributed by atoms with E-state index in [4.69, 9.17) is 4.74 Å². The molecule has 0 radical (unpaired) electrons. The molecule has 0 aromatic heterocycles. The van der Waals surface area contributed by atoms with Crippen molar-refractivity contribution in [2.75, 3.05) is 5.32 Å². The maximum Gasteiger partial charge on any atom is 0.324 e. The molecule has 0 unspecified atom stereocenters. The van der Waals surface area contributed by atoms with Crippen molar-refractivity contribution >= 4 is 27.6 Å². The summed E-state index contributed by atoms with van der Waals surface area (Å²) in [6.45, 7) is 9.48. The van der Waals surface area contributed by atoms with Crippen LogP contribution in [0.25, 0.3) is 0 Å². The molecular weight excluding hydrogens is 442 g/mol. The van der Waals surface area contributed by atoms with Gasteiger partial charge in [0.1, 0.15) is 17.7 Å². The van der Waals surface area contributed by atoms with Crippen molar-refractivity contribution in [3.63, 3.8) is 0 Å². The van der Waals surface area contributed by atoms with Gasteiger partial charge in [0.25, 0.3) is 5.91 Å². The van der Waals surface area contributed by atoms with Gasteiger partial charge in [0.15, 0.2) is 6.10 Å². The SMILES string of the molecule is Cc1cc(C)c(C)c(S(=O)(=O)N[C@H](C)C(=O)O[C@H](C)C(=O)Nc2ccc(F)cc2F)c1C. The number of nitrogens with one attached hydrogen (secondary N) is 2. The van der Waals surface area contributed by atoms with E-state index in [0.717, 1.165) is 23.3 Å². The quantitative estimate of drug-likeness (QED) is 0.607. The molecule has 0 saturated heterocycles. The molecule has 10 heteroatoms. The molecular formula is C22H26F2N2O5S. The minimum absolute atomic E-state index is 0.0900. The number of hydrogen-bond donors (Lipinski definition) is 2. The Morgan fingerprint density at radius 1 is 0.969 bits per heavy atom. The zero-order valence-electron chi connectivity index (χ0n) is 18.7. The fourth-order valence-electron chi connectivity index (χ4n) is 3.08. The number of rotatable bonds is 7. The van der Waals surface area contributed by atoms with E-state index >= 15 is 0 Å². The van der Waals surface area contributed by atoms with Crippen molar-refractivity contribution in [3.8, 4) is 0 Å². The van der Waals surface area contributed by atoms with Crippen LogP contribution in [0, 0.1) is 39.3 Å². The van der Waals surface area contributed by atoms with Gasteiger partial charge in [0.2, 0.25) is 10.0 Å². The second-order valence-corrected chi connectivity index (χ2v) is 9.28. The third kappa shape index (κ3) is 5.68. The highest BCUT2D eigenvalue weighted by Crippen LogP contribution is 2.26. The highest BCUT2D eigenvalue weighted by atomic mass is 32.2. The topological polar surface area (TPSA) is 102 Å². The second-order valence-electron chi connectivity index (χ2n) is 7.62. The summed E-state index contributed by atoms with van der Waals surface area (Å²) in [5.41, 5.74) is 2.43. The van der Waals surface area contributed by atoms with Crippen molar-refractivity contribution in [2.24, 2.45) is 0 Å². The minimum atomic E-state index is -4.06. The largest absolute Gasteiger partial charge is 0.451 e. The number of amides is 1. The lowest BCUT2D eigenvalue weighted by atomic mass is 10.0. The van der Waals surface area contributed by atoms with Gasteiger partial charge < -0.3 is 10.1 Å². The summed E-state index contributed by atoms with van der Waals surface area (Å²) >= 11 is 0. The van der Waals surface area contributed by atoms with E-state index in [1.54, 1.807) is 27.7 Å². The molecule has 0 heterocycles. The predicted octanol–water partition coefficient (Wildman–Crippen LogP) is 3.44. The van der Waals surface area contributed by atoms with Crippen LogP contribution in [-0.4, -0.2) is 32.4 Å². The van der Waals surface area contributed by atoms with E-state index in [9.17, 15) is 26.8 Å². The average Bonchev–Trinajstić information content (AvgIpc) is 2.68. The molecule has 0 aliphatic rings. The number of anilines is 1. The maximum absolute atomic E-state index is 13.7. The van der Waals surface area contributed by atoms with Gasteiger partial charge in [-0.05, 0) is 75.9 Å². The molecule has 1 amide bonds. The molecule has 0 aliphatic carbocycles. The van der Waals surface area contributed by atoms with Crippen LogP contribution in [-0.2, 0) is 24.3 Å². The third-order valence-corrected chi connectivity index (χ3v) is 6.92. The van der Waals surface area contributed by atoms with Crippen LogP contribution < -0.4 is 10.0 Å². The van der Waals surface area contributed by atoms with Gasteiger partial charge in [-0.15, -0.1) is 0 Å². The fraction of sp³-hybridized carbons (Fsp3) is 0.364. The van der Waals surface area contributed by atoms with Crippen LogP contribution >= 0.6 is 0 Å². The summed E-state index contributed by atoms with van der Waals surface area (Å²) in [6, 6.07) is 3.18. The van der Waals surface area contributed by atoms with E-state index < -0.39 is 45.7 Å². The molecule has 174 valence electrons. The van der Waals surface area contributed by atoms with Crippen molar-refractivity contribution in [1.82, 2.24) is 4.72 Å². The number of aryl methyl sites for hydroxylation is 2. The van der Waals surface area contributed by atoms with Crippen molar-refractivity contribution in [1.29, 1.82) is 0 Å². The first-order chi connectivity index (χ1) is 14.7. The highest BCUT2D eigenvalue weighted by Gasteiger charge is 2.29. The molecule has 2 aromatic rings. The Balaban J connectivity index is 2.10. The van der Waals surface area contributed by atoms with Crippen LogP contribution in [0.3, 0.4) is 0 Å². The Kier molecular flexibility index (Phi) is 7.74. The monoisotopic (exact) mass is 468 g/mol. The summed E-state index contributed by atoms with van der Waals surface area (Å²) in [5, 5.41) is 2.19. The standard InChI is InChI=1S/C22H26F2N2O5S/c1-11-9-12(2)14(4)20(13(11)3)32(29,30)26-15(5)22(28)31-16(6)21(27)25-19-8-7-17(23)10-18(19)24/h7-10,15-16,26H,1-6H3,(H,25,27)/t15-,16-/m1/s1. The number of hydrogen-bond acceptors (Lipinski definition) is 5. The summed E-state index contributed by atoms with van der Waals surface area (Å²) < 4.78 is 59.9. The van der Waals surface area contributed by atoms with Gasteiger partial charge in [-0.2, -0.15) is 4.72 Å². The smallest absolute Gasteiger partial charge is 0.324 e. The Morgan fingerprint density at radius 2 is 1.53 bits per heavy atom. The predicted molar refractivity (Wildman–Crippen MR) is 116 cm³/mol. The molecule has 2 atom stereocenters. The summed E-state index contributed by atoms with van der Waals surface area (Å²) in [6.07, 6.45) is -1.36. The summed E-state index contributed by atoms with van der Waals surface area (Å²) in [5.74, 6) is -3.65. The Labute approximate surface area is 186 Å². The third-order valence-electron chi connectivity index (χ3n) is 5.10. The van der Waals surface area contributed by atoms with Gasteiger partial charge in [-0.25, -0.2) is 17.2 Å². The molecule has 2 N–H and O–H groups in total. The number of ether oxygens (including phenoxy) is 1. The van der Waals surface area contributed by atoms with Crippen LogP contribution in [0.4, 0.5) is 14.5 Å². The van der Waals surface area contributed by atoms with Crippen LogP contribution in [0.1, 0.15) is 36.1 Å². The zero-order chi connectivity index (χ0) is 24.4. The van der Waals surface area contributed by atoms with Crippen LogP contribution in [0.2, 0.25) is 0 Å². The molecule has 0 spiro atoms. The molecule has 0 bridgehead atoms. The Bertz CT molecular complexity index is 1140. The molecule has 2 rings (SSSR count). The first-order valence-electron chi connectivity index (χ1n) is 9.80. The van der Waals surface area contributed by atoms with Gasteiger partial charge in [0, 0.05) is 6.07 Å². The normalized spacial score (nSPS) is 13.4. The van der Waals surface area contributed by atoms with E-state index in [1.807, 2.05) is 6.07 Å². The van der Waals surface area contributed by atoms with Crippen LogP contribution in [0.5, 0.6) is 0 Å². The number of halogens is 2. The highest BCUT2D eigenvalue weighted by molar-refractivity contribution is 7.89. The molecule has 0 aliphatic heterocycles. The molecule has 0 fully saturated rings. The lowest BCUT2D eigenvalue weighted by molar-refractivity contribution is -0.154. The minimum Gasteiger partial charge on any atom is -0.451 e. The number of carbonyl (C=O) groups is 2. The first kappa shape index (κ1) is 25.4. The molecule has 0 saturated carbocycles. The lowest BCUT2D eigenvalue weighted by Crippen LogP contribution is -2.42. The number of carbonyl (C=O) groups excluding carboxylic acids is 2. The number of esters is 1. The number of benzene rings is 2. The van der Waals surface area contributed by atoms with Gasteiger partial charge in [-0.1, -0.05) is 6.07 Å². The molecule has 7 nitrogen and oxygen atoms in total. The Morgan fingerprint density at radius 3 is 2.06 bits per heavy atom. The van der Waals surface area contributed by atoms with Crippen molar-refractivity contribution in [2.45, 2.75) is 58.6 Å². The van der Waals surface area contributed by atoms with E-state index in [-0.39, 0.29) is 10.6 Å². The van der Waals surface area contributed by atoms with Crippen molar-refractivity contribution < 1.29 is 31.5 Å². The van der Waals surface area contributed by atoms with Crippen molar-refractivity contribution in [3.05, 3.63) is 58.2 Å². The van der Waals surface area contributed by atoms with E-state index in [1.165, 1.54) is 13.8 Å².